The first kappa shape index (κ1) is 22.8. The summed E-state index contributed by atoms with van der Waals surface area (Å²) in [6, 6.07) is 5.59. The van der Waals surface area contributed by atoms with Crippen molar-refractivity contribution in [3.05, 3.63) is 57.2 Å². The second-order valence-corrected chi connectivity index (χ2v) is 7.29. The number of hydrogen-bond donors (Lipinski definition) is 0. The van der Waals surface area contributed by atoms with Crippen molar-refractivity contribution in [1.82, 2.24) is 19.6 Å². The van der Waals surface area contributed by atoms with E-state index < -0.39 is 17.6 Å². The average molecular weight is 467 g/mol. The van der Waals surface area contributed by atoms with Gasteiger partial charge in [-0.2, -0.15) is 0 Å². The highest BCUT2D eigenvalue weighted by molar-refractivity contribution is 6.31. The summed E-state index contributed by atoms with van der Waals surface area (Å²) in [5.41, 5.74) is 1.19. The van der Waals surface area contributed by atoms with Crippen molar-refractivity contribution in [2.45, 2.75) is 12.5 Å². The molecule has 0 bridgehead atoms. The summed E-state index contributed by atoms with van der Waals surface area (Å²) in [6.45, 7) is 0.266. The Morgan fingerprint density at radius 1 is 1.13 bits per heavy atom. The monoisotopic (exact) mass is 466 g/mol. The third-order valence-corrected chi connectivity index (χ3v) is 5.04. The number of pyridine rings is 1. The maximum atomic E-state index is 13.0. The highest BCUT2D eigenvalue weighted by atomic mass is 35.5. The molecule has 0 aliphatic carbocycles. The van der Waals surface area contributed by atoms with E-state index in [0.29, 0.717) is 27.6 Å². The maximum Gasteiger partial charge on any atom is 0.329 e. The Labute approximate surface area is 188 Å². The molecule has 0 saturated carbocycles. The standard InChI is InChI=1S/C20H20Cl2N4O5/c1-29-7-6-16(20(28)31-3)25-10-17(30-2)14(9-19(25)27)13-8-12(21)4-5-15(13)26-11-18(22)23-24-26/h4-5,8-11,16H,6-7H2,1-3H3. The third-order valence-electron chi connectivity index (χ3n) is 4.63. The second kappa shape index (κ2) is 9.95. The van der Waals surface area contributed by atoms with Crippen LogP contribution in [0.5, 0.6) is 5.75 Å². The summed E-state index contributed by atoms with van der Waals surface area (Å²) in [6.07, 6.45) is 3.25. The van der Waals surface area contributed by atoms with E-state index in [0.717, 1.165) is 0 Å². The molecule has 164 valence electrons. The van der Waals surface area contributed by atoms with Gasteiger partial charge in [0.05, 0.1) is 32.3 Å². The molecule has 0 fully saturated rings. The molecule has 2 heterocycles. The van der Waals surface area contributed by atoms with E-state index in [-0.39, 0.29) is 18.2 Å². The number of nitrogens with zero attached hydrogens (tertiary/aromatic N) is 4. The molecule has 1 atom stereocenters. The number of esters is 1. The topological polar surface area (TPSA) is 97.5 Å². The minimum Gasteiger partial charge on any atom is -0.495 e. The van der Waals surface area contributed by atoms with Crippen LogP contribution in [0, 0.1) is 0 Å². The fourth-order valence-corrected chi connectivity index (χ4v) is 3.46. The van der Waals surface area contributed by atoms with Crippen molar-refractivity contribution in [3.63, 3.8) is 0 Å². The molecule has 3 rings (SSSR count). The Hall–Kier alpha value is -2.88. The summed E-state index contributed by atoms with van der Waals surface area (Å²) in [4.78, 5) is 25.3. The van der Waals surface area contributed by atoms with Crippen LogP contribution in [-0.2, 0) is 14.3 Å². The molecule has 3 aromatic rings. The molecule has 0 aliphatic heterocycles. The van der Waals surface area contributed by atoms with Gasteiger partial charge in [-0.25, -0.2) is 9.48 Å². The lowest BCUT2D eigenvalue weighted by Crippen LogP contribution is -2.31. The van der Waals surface area contributed by atoms with E-state index >= 15 is 0 Å². The second-order valence-electron chi connectivity index (χ2n) is 6.47. The van der Waals surface area contributed by atoms with Gasteiger partial charge in [0.2, 0.25) is 0 Å². The highest BCUT2D eigenvalue weighted by Crippen LogP contribution is 2.35. The van der Waals surface area contributed by atoms with Crippen molar-refractivity contribution in [1.29, 1.82) is 0 Å². The van der Waals surface area contributed by atoms with E-state index in [1.54, 1.807) is 18.2 Å². The number of carbonyl (C=O) groups is 1. The third kappa shape index (κ3) is 4.90. The largest absolute Gasteiger partial charge is 0.495 e. The summed E-state index contributed by atoms with van der Waals surface area (Å²) in [5.74, 6) is -0.213. The van der Waals surface area contributed by atoms with E-state index in [9.17, 15) is 9.59 Å². The lowest BCUT2D eigenvalue weighted by molar-refractivity contribution is -0.145. The highest BCUT2D eigenvalue weighted by Gasteiger charge is 2.24. The van der Waals surface area contributed by atoms with Crippen LogP contribution in [0.15, 0.2) is 41.5 Å². The molecule has 0 amide bonds. The van der Waals surface area contributed by atoms with Crippen molar-refractivity contribution in [2.24, 2.45) is 0 Å². The Kier molecular flexibility index (Phi) is 7.32. The number of aromatic nitrogens is 4. The van der Waals surface area contributed by atoms with Gasteiger partial charge in [0.25, 0.3) is 5.56 Å². The molecular formula is C20H20Cl2N4O5. The Morgan fingerprint density at radius 3 is 2.52 bits per heavy atom. The molecule has 0 spiro atoms. The molecule has 0 N–H and O–H groups in total. The van der Waals surface area contributed by atoms with Crippen molar-refractivity contribution >= 4 is 29.2 Å². The smallest absolute Gasteiger partial charge is 0.329 e. The van der Waals surface area contributed by atoms with Crippen molar-refractivity contribution < 1.29 is 19.0 Å². The molecule has 1 unspecified atom stereocenters. The zero-order chi connectivity index (χ0) is 22.5. The summed E-state index contributed by atoms with van der Waals surface area (Å²) >= 11 is 12.1. The van der Waals surface area contributed by atoms with E-state index in [1.165, 1.54) is 49.0 Å². The molecule has 2 aromatic heterocycles. The number of rotatable bonds is 8. The summed E-state index contributed by atoms with van der Waals surface area (Å²) < 4.78 is 18.2. The number of benzene rings is 1. The molecule has 9 nitrogen and oxygen atoms in total. The van der Waals surface area contributed by atoms with Crippen LogP contribution in [0.4, 0.5) is 0 Å². The van der Waals surface area contributed by atoms with Crippen LogP contribution >= 0.6 is 23.2 Å². The number of methoxy groups -OCH3 is 3. The van der Waals surface area contributed by atoms with Gasteiger partial charge >= 0.3 is 5.97 Å². The zero-order valence-corrected chi connectivity index (χ0v) is 18.6. The predicted octanol–water partition coefficient (Wildman–Crippen LogP) is 3.16. The summed E-state index contributed by atoms with van der Waals surface area (Å²) in [5, 5.41) is 8.43. The van der Waals surface area contributed by atoms with E-state index in [1.807, 2.05) is 0 Å². The maximum absolute atomic E-state index is 13.0. The van der Waals surface area contributed by atoms with E-state index in [2.05, 4.69) is 10.3 Å². The SMILES string of the molecule is COCCC(C(=O)OC)n1cc(OC)c(-c2cc(Cl)ccc2-n2cc(Cl)nn2)cc1=O. The van der Waals surface area contributed by atoms with Crippen molar-refractivity contribution in [3.8, 4) is 22.6 Å². The molecule has 0 radical (unpaired) electrons. The average Bonchev–Trinajstić information content (AvgIpc) is 3.20. The Balaban J connectivity index is 2.18. The van der Waals surface area contributed by atoms with Crippen LogP contribution < -0.4 is 10.3 Å². The van der Waals surface area contributed by atoms with E-state index in [4.69, 9.17) is 37.4 Å². The number of hydrogen-bond acceptors (Lipinski definition) is 7. The van der Waals surface area contributed by atoms with Crippen LogP contribution in [0.2, 0.25) is 10.2 Å². The first-order valence-corrected chi connectivity index (χ1v) is 9.90. The zero-order valence-electron chi connectivity index (χ0n) is 17.0. The van der Waals surface area contributed by atoms with Crippen LogP contribution in [-0.4, -0.2) is 53.5 Å². The molecule has 0 aliphatic rings. The lowest BCUT2D eigenvalue weighted by Gasteiger charge is -2.20. The van der Waals surface area contributed by atoms with Gasteiger partial charge in [-0.05, 0) is 18.2 Å². The van der Waals surface area contributed by atoms with Gasteiger partial charge in [0, 0.05) is 42.4 Å². The minimum absolute atomic E-state index is 0.211. The number of carbonyl (C=O) groups excluding carboxylic acids is 1. The van der Waals surface area contributed by atoms with Gasteiger partial charge in [0.1, 0.15) is 11.8 Å². The molecular weight excluding hydrogens is 447 g/mol. The van der Waals surface area contributed by atoms with Crippen molar-refractivity contribution in [2.75, 3.05) is 27.9 Å². The molecule has 1 aromatic carbocycles. The molecule has 11 heteroatoms. The van der Waals surface area contributed by atoms with Gasteiger partial charge in [0.15, 0.2) is 5.15 Å². The fraction of sp³-hybridized carbons (Fsp3) is 0.300. The summed E-state index contributed by atoms with van der Waals surface area (Å²) in [7, 11) is 4.24. The Morgan fingerprint density at radius 2 is 1.90 bits per heavy atom. The molecule has 31 heavy (non-hydrogen) atoms. The van der Waals surface area contributed by atoms with Gasteiger partial charge in [-0.15, -0.1) is 5.10 Å². The minimum atomic E-state index is -0.867. The normalized spacial score (nSPS) is 11.9. The number of ether oxygens (including phenoxy) is 3. The quantitative estimate of drug-likeness (QED) is 0.470. The fourth-order valence-electron chi connectivity index (χ4n) is 3.17. The van der Waals surface area contributed by atoms with Gasteiger partial charge < -0.3 is 14.2 Å². The van der Waals surface area contributed by atoms with Crippen LogP contribution in [0.1, 0.15) is 12.5 Å². The first-order chi connectivity index (χ1) is 14.9. The first-order valence-electron chi connectivity index (χ1n) is 9.14. The lowest BCUT2D eigenvalue weighted by atomic mass is 10.0. The molecule has 0 saturated heterocycles. The van der Waals surface area contributed by atoms with Gasteiger partial charge in [-0.3, -0.25) is 9.36 Å². The van der Waals surface area contributed by atoms with Crippen LogP contribution in [0.3, 0.4) is 0 Å². The number of halogens is 2. The Bertz CT molecular complexity index is 1140. The van der Waals surface area contributed by atoms with Gasteiger partial charge in [-0.1, -0.05) is 28.4 Å². The predicted molar refractivity (Wildman–Crippen MR) is 115 cm³/mol. The van der Waals surface area contributed by atoms with Crippen LogP contribution in [0.25, 0.3) is 16.8 Å².